The summed E-state index contributed by atoms with van der Waals surface area (Å²) < 4.78 is 27.6. The number of pyridine rings is 1. The van der Waals surface area contributed by atoms with Crippen LogP contribution in [0.2, 0.25) is 0 Å². The molecule has 1 saturated heterocycles. The summed E-state index contributed by atoms with van der Waals surface area (Å²) in [6.45, 7) is 3.45. The number of amides is 1. The lowest BCUT2D eigenvalue weighted by Crippen LogP contribution is -2.50. The summed E-state index contributed by atoms with van der Waals surface area (Å²) >= 11 is 1.59. The van der Waals surface area contributed by atoms with Gasteiger partial charge < -0.3 is 4.90 Å². The van der Waals surface area contributed by atoms with E-state index >= 15 is 0 Å². The summed E-state index contributed by atoms with van der Waals surface area (Å²) in [6.07, 6.45) is 4.72. The monoisotopic (exact) mass is 431 g/mol. The van der Waals surface area contributed by atoms with Gasteiger partial charge in [-0.05, 0) is 60.4 Å². The maximum Gasteiger partial charge on any atom is 0.254 e. The van der Waals surface area contributed by atoms with Crippen molar-refractivity contribution in [2.24, 2.45) is 0 Å². The lowest BCUT2D eigenvalue weighted by Gasteiger charge is -2.34. The van der Waals surface area contributed by atoms with Crippen molar-refractivity contribution in [2.75, 3.05) is 31.9 Å². The molecule has 8 heteroatoms. The van der Waals surface area contributed by atoms with Crippen LogP contribution in [0.4, 0.5) is 0 Å². The molecule has 0 spiro atoms. The van der Waals surface area contributed by atoms with Crippen LogP contribution >= 0.6 is 11.8 Å². The van der Waals surface area contributed by atoms with Gasteiger partial charge in [0.05, 0.1) is 9.92 Å². The molecule has 2 heterocycles. The van der Waals surface area contributed by atoms with E-state index in [1.54, 1.807) is 35.0 Å². The minimum atomic E-state index is -3.53. The third-order valence-electron chi connectivity index (χ3n) is 5.51. The molecule has 1 aliphatic carbocycles. The number of sulfonamides is 1. The highest BCUT2D eigenvalue weighted by Crippen LogP contribution is 2.27. The molecule has 0 bridgehead atoms. The number of hydrogen-bond acceptors (Lipinski definition) is 5. The molecule has 1 amide bonds. The zero-order chi connectivity index (χ0) is 20.4. The number of nitrogens with zero attached hydrogens (tertiary/aromatic N) is 3. The van der Waals surface area contributed by atoms with Gasteiger partial charge in [-0.25, -0.2) is 13.4 Å². The highest BCUT2D eigenvalue weighted by molar-refractivity contribution is 7.99. The third-order valence-corrected chi connectivity index (χ3v) is 8.21. The number of benzene rings is 1. The Hall–Kier alpha value is -1.90. The lowest BCUT2D eigenvalue weighted by atomic mass is 10.1. The molecular weight excluding hydrogens is 406 g/mol. The predicted octanol–water partition coefficient (Wildman–Crippen LogP) is 2.83. The molecule has 1 fully saturated rings. The largest absolute Gasteiger partial charge is 0.336 e. The predicted molar refractivity (Wildman–Crippen MR) is 114 cm³/mol. The van der Waals surface area contributed by atoms with Gasteiger partial charge in [-0.1, -0.05) is 13.0 Å². The van der Waals surface area contributed by atoms with Gasteiger partial charge in [0.2, 0.25) is 10.0 Å². The van der Waals surface area contributed by atoms with Crippen LogP contribution in [0.15, 0.2) is 46.5 Å². The Labute approximate surface area is 176 Å². The third kappa shape index (κ3) is 4.20. The SMILES string of the molecule is CCSc1cc(C(=O)N2CCN(S(=O)(=O)c3ccc4c(c3)CCC4)CC2)ccn1. The van der Waals surface area contributed by atoms with Crippen LogP contribution in [0.3, 0.4) is 0 Å². The summed E-state index contributed by atoms with van der Waals surface area (Å²) in [6, 6.07) is 9.03. The van der Waals surface area contributed by atoms with Crippen LogP contribution < -0.4 is 0 Å². The minimum absolute atomic E-state index is 0.0695. The summed E-state index contributed by atoms with van der Waals surface area (Å²) in [5.41, 5.74) is 3.02. The molecule has 2 aliphatic rings. The van der Waals surface area contributed by atoms with Crippen molar-refractivity contribution in [2.45, 2.75) is 36.1 Å². The number of piperazine rings is 1. The average Bonchev–Trinajstić information content (AvgIpc) is 3.22. The number of aryl methyl sites for hydroxylation is 2. The number of fused-ring (bicyclic) bond motifs is 1. The quantitative estimate of drug-likeness (QED) is 0.681. The summed E-state index contributed by atoms with van der Waals surface area (Å²) in [7, 11) is -3.53. The number of carbonyl (C=O) groups excluding carboxylic acids is 1. The minimum Gasteiger partial charge on any atom is -0.336 e. The Bertz CT molecular complexity index is 1020. The molecule has 6 nitrogen and oxygen atoms in total. The second kappa shape index (κ2) is 8.45. The van der Waals surface area contributed by atoms with Crippen LogP contribution in [-0.2, 0) is 22.9 Å². The number of rotatable bonds is 5. The number of aromatic nitrogens is 1. The molecule has 0 N–H and O–H groups in total. The Kier molecular flexibility index (Phi) is 5.94. The lowest BCUT2D eigenvalue weighted by molar-refractivity contribution is 0.0697. The van der Waals surface area contributed by atoms with Gasteiger partial charge >= 0.3 is 0 Å². The van der Waals surface area contributed by atoms with Crippen LogP contribution in [0.25, 0.3) is 0 Å². The van der Waals surface area contributed by atoms with E-state index in [0.717, 1.165) is 35.6 Å². The zero-order valence-electron chi connectivity index (χ0n) is 16.5. The highest BCUT2D eigenvalue weighted by atomic mass is 32.2. The summed E-state index contributed by atoms with van der Waals surface area (Å²) in [4.78, 5) is 19.2. The van der Waals surface area contributed by atoms with E-state index in [-0.39, 0.29) is 5.91 Å². The number of hydrogen-bond donors (Lipinski definition) is 0. The van der Waals surface area contributed by atoms with Gasteiger partial charge in [0.25, 0.3) is 5.91 Å². The van der Waals surface area contributed by atoms with Gasteiger partial charge in [0, 0.05) is 37.9 Å². The van der Waals surface area contributed by atoms with E-state index in [4.69, 9.17) is 0 Å². The van der Waals surface area contributed by atoms with Gasteiger partial charge in [0.15, 0.2) is 0 Å². The standard InChI is InChI=1S/C21H25N3O3S2/c1-2-28-20-15-18(8-9-22-20)21(25)23-10-12-24(13-11-23)29(26,27)19-7-6-16-4-3-5-17(16)14-19/h6-9,14-15H,2-5,10-13H2,1H3. The van der Waals surface area contributed by atoms with Crippen molar-refractivity contribution in [1.82, 2.24) is 14.2 Å². The van der Waals surface area contributed by atoms with Crippen molar-refractivity contribution in [3.63, 3.8) is 0 Å². The molecule has 29 heavy (non-hydrogen) atoms. The Morgan fingerprint density at radius 2 is 1.83 bits per heavy atom. The van der Waals surface area contributed by atoms with Gasteiger partial charge in [-0.3, -0.25) is 4.79 Å². The fourth-order valence-corrected chi connectivity index (χ4v) is 6.06. The molecule has 1 aromatic carbocycles. The smallest absolute Gasteiger partial charge is 0.254 e. The van der Waals surface area contributed by atoms with Gasteiger partial charge in [-0.15, -0.1) is 11.8 Å². The van der Waals surface area contributed by atoms with Crippen LogP contribution in [0.5, 0.6) is 0 Å². The first kappa shape index (κ1) is 20.4. The summed E-state index contributed by atoms with van der Waals surface area (Å²) in [5, 5.41) is 0.830. The van der Waals surface area contributed by atoms with Crippen molar-refractivity contribution < 1.29 is 13.2 Å². The molecular formula is C21H25N3O3S2. The Morgan fingerprint density at radius 3 is 2.59 bits per heavy atom. The normalized spacial score (nSPS) is 17.3. The second-order valence-electron chi connectivity index (χ2n) is 7.30. The van der Waals surface area contributed by atoms with E-state index in [9.17, 15) is 13.2 Å². The van der Waals surface area contributed by atoms with Crippen molar-refractivity contribution in [3.8, 4) is 0 Å². The zero-order valence-corrected chi connectivity index (χ0v) is 18.1. The van der Waals surface area contributed by atoms with E-state index in [0.29, 0.717) is 36.6 Å². The van der Waals surface area contributed by atoms with E-state index in [1.807, 2.05) is 25.1 Å². The maximum atomic E-state index is 13.1. The molecule has 4 rings (SSSR count). The van der Waals surface area contributed by atoms with Crippen molar-refractivity contribution in [3.05, 3.63) is 53.2 Å². The van der Waals surface area contributed by atoms with Crippen LogP contribution in [0.1, 0.15) is 34.8 Å². The molecule has 0 saturated carbocycles. The van der Waals surface area contributed by atoms with Crippen LogP contribution in [-0.4, -0.2) is 60.4 Å². The average molecular weight is 432 g/mol. The molecule has 2 aromatic rings. The summed E-state index contributed by atoms with van der Waals surface area (Å²) in [5.74, 6) is 0.823. The molecule has 0 unspecified atom stereocenters. The molecule has 0 radical (unpaired) electrons. The van der Waals surface area contributed by atoms with Crippen molar-refractivity contribution >= 4 is 27.7 Å². The fourth-order valence-electron chi connectivity index (χ4n) is 3.94. The van der Waals surface area contributed by atoms with Crippen molar-refractivity contribution in [1.29, 1.82) is 0 Å². The Balaban J connectivity index is 1.43. The maximum absolute atomic E-state index is 13.1. The van der Waals surface area contributed by atoms with Crippen LogP contribution in [0, 0.1) is 0 Å². The highest BCUT2D eigenvalue weighted by Gasteiger charge is 2.31. The number of carbonyl (C=O) groups is 1. The van der Waals surface area contributed by atoms with E-state index in [1.165, 1.54) is 9.87 Å². The first-order valence-corrected chi connectivity index (χ1v) is 12.4. The van der Waals surface area contributed by atoms with Gasteiger partial charge in [0.1, 0.15) is 0 Å². The molecule has 1 aromatic heterocycles. The molecule has 0 atom stereocenters. The van der Waals surface area contributed by atoms with Gasteiger partial charge in [-0.2, -0.15) is 4.31 Å². The molecule has 154 valence electrons. The first-order chi connectivity index (χ1) is 14.0. The van der Waals surface area contributed by atoms with E-state index in [2.05, 4.69) is 4.98 Å². The topological polar surface area (TPSA) is 70.6 Å². The number of thioether (sulfide) groups is 1. The first-order valence-electron chi connectivity index (χ1n) is 9.99. The molecule has 1 aliphatic heterocycles. The van der Waals surface area contributed by atoms with E-state index < -0.39 is 10.0 Å². The Morgan fingerprint density at radius 1 is 1.07 bits per heavy atom. The second-order valence-corrected chi connectivity index (χ2v) is 10.5. The fraction of sp³-hybridized carbons (Fsp3) is 0.429.